The van der Waals surface area contributed by atoms with Crippen LogP contribution in [0.4, 0.5) is 0 Å². The first-order valence-corrected chi connectivity index (χ1v) is 8.67. The van der Waals surface area contributed by atoms with E-state index in [-0.39, 0.29) is 24.4 Å². The maximum Gasteiger partial charge on any atom is 0.137 e. The van der Waals surface area contributed by atoms with Gasteiger partial charge in [0.2, 0.25) is 0 Å². The van der Waals surface area contributed by atoms with Gasteiger partial charge in [0.15, 0.2) is 0 Å². The van der Waals surface area contributed by atoms with Gasteiger partial charge in [0.05, 0.1) is 17.8 Å². The summed E-state index contributed by atoms with van der Waals surface area (Å²) in [5.41, 5.74) is 6.96. The molecule has 4 N–H and O–H groups in total. The average molecular weight is 335 g/mol. The van der Waals surface area contributed by atoms with Crippen molar-refractivity contribution in [1.82, 2.24) is 4.98 Å². The first kappa shape index (κ1) is 16.3. The van der Waals surface area contributed by atoms with Crippen LogP contribution in [0.25, 0.3) is 6.08 Å². The molecule has 4 unspecified atom stereocenters. The fourth-order valence-electron chi connectivity index (χ4n) is 3.14. The second-order valence-corrected chi connectivity index (χ2v) is 7.24. The number of fused-ring (bicyclic) bond motifs is 1. The van der Waals surface area contributed by atoms with Crippen molar-refractivity contribution in [1.29, 1.82) is 0 Å². The van der Waals surface area contributed by atoms with E-state index in [1.807, 2.05) is 6.08 Å². The van der Waals surface area contributed by atoms with Gasteiger partial charge in [-0.2, -0.15) is 0 Å². The summed E-state index contributed by atoms with van der Waals surface area (Å²) in [6.45, 7) is 0.0334. The molecule has 4 atom stereocenters. The molecule has 0 aliphatic heterocycles. The summed E-state index contributed by atoms with van der Waals surface area (Å²) >= 11 is 1.50. The number of thiazole rings is 1. The SMILES string of the molecule is NC(=NC1CC(CO)CC1O)C(C=O)c1nc2c(s1)CCC=C2. The monoisotopic (exact) mass is 335 g/mol. The number of aliphatic hydroxyl groups is 2. The third-order valence-corrected chi connectivity index (χ3v) is 5.66. The summed E-state index contributed by atoms with van der Waals surface area (Å²) in [6.07, 6.45) is 7.21. The Morgan fingerprint density at radius 1 is 1.57 bits per heavy atom. The van der Waals surface area contributed by atoms with E-state index in [4.69, 9.17) is 5.73 Å². The summed E-state index contributed by atoms with van der Waals surface area (Å²) in [7, 11) is 0. The Morgan fingerprint density at radius 3 is 3.04 bits per heavy atom. The number of aliphatic imine (C=N–C) groups is 1. The Labute approximate surface area is 138 Å². The molecule has 0 spiro atoms. The molecule has 6 nitrogen and oxygen atoms in total. The summed E-state index contributed by atoms with van der Waals surface area (Å²) in [5.74, 6) is -0.435. The molecule has 0 saturated heterocycles. The van der Waals surface area contributed by atoms with Crippen LogP contribution in [0.2, 0.25) is 0 Å². The molecular formula is C16H21N3O3S. The average Bonchev–Trinajstić information content (AvgIpc) is 3.11. The molecule has 2 aliphatic rings. The van der Waals surface area contributed by atoms with Gasteiger partial charge in [0.1, 0.15) is 23.0 Å². The molecule has 1 aromatic rings. The molecule has 23 heavy (non-hydrogen) atoms. The minimum absolute atomic E-state index is 0.0334. The van der Waals surface area contributed by atoms with Crippen LogP contribution in [-0.4, -0.2) is 46.1 Å². The molecule has 1 heterocycles. The van der Waals surface area contributed by atoms with E-state index in [0.717, 1.165) is 24.8 Å². The number of hydrogen-bond acceptors (Lipinski definition) is 6. The third kappa shape index (κ3) is 3.36. The highest BCUT2D eigenvalue weighted by Crippen LogP contribution is 2.31. The number of carbonyl (C=O) groups is 1. The van der Waals surface area contributed by atoms with E-state index >= 15 is 0 Å². The summed E-state index contributed by atoms with van der Waals surface area (Å²) in [6, 6.07) is -0.357. The second-order valence-electron chi connectivity index (χ2n) is 6.12. The van der Waals surface area contributed by atoms with Crippen molar-refractivity contribution in [3.05, 3.63) is 21.7 Å². The van der Waals surface area contributed by atoms with Gasteiger partial charge >= 0.3 is 0 Å². The Hall–Kier alpha value is -1.57. The fourth-order valence-corrected chi connectivity index (χ4v) is 4.28. The van der Waals surface area contributed by atoms with Gasteiger partial charge < -0.3 is 20.7 Å². The van der Waals surface area contributed by atoms with E-state index in [1.54, 1.807) is 0 Å². The van der Waals surface area contributed by atoms with E-state index < -0.39 is 12.0 Å². The maximum absolute atomic E-state index is 11.5. The first-order valence-electron chi connectivity index (χ1n) is 7.86. The van der Waals surface area contributed by atoms with Crippen molar-refractivity contribution in [2.75, 3.05) is 6.61 Å². The number of allylic oxidation sites excluding steroid dienone is 1. The van der Waals surface area contributed by atoms with Crippen molar-refractivity contribution < 1.29 is 15.0 Å². The highest BCUT2D eigenvalue weighted by molar-refractivity contribution is 7.12. The van der Waals surface area contributed by atoms with Crippen molar-refractivity contribution in [2.24, 2.45) is 16.6 Å². The molecule has 7 heteroatoms. The van der Waals surface area contributed by atoms with Crippen LogP contribution >= 0.6 is 11.3 Å². The van der Waals surface area contributed by atoms with Crippen molar-refractivity contribution in [3.63, 3.8) is 0 Å². The largest absolute Gasteiger partial charge is 0.396 e. The molecule has 3 rings (SSSR count). The Balaban J connectivity index is 1.80. The van der Waals surface area contributed by atoms with E-state index in [9.17, 15) is 15.0 Å². The molecule has 124 valence electrons. The zero-order valence-electron chi connectivity index (χ0n) is 12.8. The fraction of sp³-hybridized carbons (Fsp3) is 0.562. The predicted molar refractivity (Wildman–Crippen MR) is 89.5 cm³/mol. The van der Waals surface area contributed by atoms with E-state index in [2.05, 4.69) is 16.1 Å². The number of nitrogens with two attached hydrogens (primary N) is 1. The zero-order chi connectivity index (χ0) is 16.4. The van der Waals surface area contributed by atoms with Crippen molar-refractivity contribution >= 4 is 29.5 Å². The van der Waals surface area contributed by atoms with Crippen LogP contribution in [0.1, 0.15) is 40.8 Å². The van der Waals surface area contributed by atoms with Crippen LogP contribution < -0.4 is 5.73 Å². The van der Waals surface area contributed by atoms with Gasteiger partial charge in [-0.1, -0.05) is 6.08 Å². The van der Waals surface area contributed by atoms with Gasteiger partial charge in [0.25, 0.3) is 0 Å². The Morgan fingerprint density at radius 2 is 2.39 bits per heavy atom. The van der Waals surface area contributed by atoms with E-state index in [0.29, 0.717) is 17.8 Å². The van der Waals surface area contributed by atoms with Gasteiger partial charge in [-0.3, -0.25) is 4.99 Å². The summed E-state index contributed by atoms with van der Waals surface area (Å²) in [5, 5.41) is 19.9. The maximum atomic E-state index is 11.5. The minimum Gasteiger partial charge on any atom is -0.396 e. The standard InChI is InChI=1S/C16H21N3O3S/c17-15(18-12-5-9(7-20)6-13(12)22)10(8-21)16-19-11-3-1-2-4-14(11)23-16/h1,3,8-10,12-13,20,22H,2,4-7H2,(H2,17,18). The number of carbonyl (C=O) groups excluding carboxylic acids is 1. The lowest BCUT2D eigenvalue weighted by Gasteiger charge is -2.13. The second kappa shape index (κ2) is 6.90. The van der Waals surface area contributed by atoms with Gasteiger partial charge in [-0.05, 0) is 37.7 Å². The number of rotatable bonds is 5. The molecule has 1 fully saturated rings. The van der Waals surface area contributed by atoms with Crippen molar-refractivity contribution in [2.45, 2.75) is 43.7 Å². The molecule has 0 radical (unpaired) electrons. The number of aromatic nitrogens is 1. The van der Waals surface area contributed by atoms with Crippen LogP contribution in [0.15, 0.2) is 11.1 Å². The normalized spacial score (nSPS) is 28.6. The highest BCUT2D eigenvalue weighted by Gasteiger charge is 2.33. The molecule has 0 amide bonds. The lowest BCUT2D eigenvalue weighted by molar-refractivity contribution is -0.107. The van der Waals surface area contributed by atoms with Crippen LogP contribution in [-0.2, 0) is 11.2 Å². The molecule has 0 bridgehead atoms. The molecule has 1 saturated carbocycles. The number of nitrogens with zero attached hydrogens (tertiary/aromatic N) is 2. The molecule has 1 aromatic heterocycles. The number of aldehydes is 1. The minimum atomic E-state index is -0.667. The summed E-state index contributed by atoms with van der Waals surface area (Å²) < 4.78 is 0. The smallest absolute Gasteiger partial charge is 0.137 e. The topological polar surface area (TPSA) is 109 Å². The van der Waals surface area contributed by atoms with Gasteiger partial charge in [-0.15, -0.1) is 11.3 Å². The van der Waals surface area contributed by atoms with Gasteiger partial charge in [0, 0.05) is 11.5 Å². The van der Waals surface area contributed by atoms with E-state index in [1.165, 1.54) is 16.2 Å². The Bertz CT molecular complexity index is 641. The number of aliphatic hydroxyl groups excluding tert-OH is 2. The first-order chi connectivity index (χ1) is 11.1. The van der Waals surface area contributed by atoms with Gasteiger partial charge in [-0.25, -0.2) is 4.98 Å². The molecular weight excluding hydrogens is 314 g/mol. The van der Waals surface area contributed by atoms with Crippen LogP contribution in [0.3, 0.4) is 0 Å². The van der Waals surface area contributed by atoms with Crippen LogP contribution in [0, 0.1) is 5.92 Å². The third-order valence-electron chi connectivity index (χ3n) is 4.45. The number of hydrogen-bond donors (Lipinski definition) is 3. The Kier molecular flexibility index (Phi) is 4.89. The van der Waals surface area contributed by atoms with Crippen molar-refractivity contribution in [3.8, 4) is 0 Å². The summed E-state index contributed by atoms with van der Waals surface area (Å²) in [4.78, 5) is 21.6. The predicted octanol–water partition coefficient (Wildman–Crippen LogP) is 0.874. The lowest BCUT2D eigenvalue weighted by atomic mass is 10.1. The molecule has 2 aliphatic carbocycles. The highest BCUT2D eigenvalue weighted by atomic mass is 32.1. The zero-order valence-corrected chi connectivity index (χ0v) is 13.6. The number of amidine groups is 1. The number of aryl methyl sites for hydroxylation is 1. The molecule has 0 aromatic carbocycles. The quantitative estimate of drug-likeness (QED) is 0.420. The lowest BCUT2D eigenvalue weighted by Crippen LogP contribution is -2.28. The van der Waals surface area contributed by atoms with Crippen LogP contribution in [0.5, 0.6) is 0 Å².